The molecule has 0 unspecified atom stereocenters. The number of aromatic nitrogens is 3. The Morgan fingerprint density at radius 2 is 1.89 bits per heavy atom. The normalized spacial score (nSPS) is 10.7. The first-order valence-electron chi connectivity index (χ1n) is 5.63. The molecule has 0 amide bonds. The van der Waals surface area contributed by atoms with Gasteiger partial charge in [0.15, 0.2) is 0 Å². The van der Waals surface area contributed by atoms with Gasteiger partial charge in [0.25, 0.3) is 5.56 Å². The van der Waals surface area contributed by atoms with E-state index in [2.05, 4.69) is 9.97 Å². The molecular weight excluding hydrogens is 226 g/mol. The van der Waals surface area contributed by atoms with Crippen molar-refractivity contribution < 1.29 is 0 Å². The topological polar surface area (TPSA) is 47.8 Å². The van der Waals surface area contributed by atoms with Crippen molar-refractivity contribution in [1.29, 1.82) is 0 Å². The van der Waals surface area contributed by atoms with Crippen molar-refractivity contribution in [3.05, 3.63) is 59.1 Å². The van der Waals surface area contributed by atoms with Crippen molar-refractivity contribution in [2.45, 2.75) is 0 Å². The molecule has 0 saturated heterocycles. The summed E-state index contributed by atoms with van der Waals surface area (Å²) in [4.78, 5) is 20.7. The van der Waals surface area contributed by atoms with Gasteiger partial charge in [-0.05, 0) is 6.07 Å². The standard InChI is InChI=1S/C14H11N3O/c1-17-12-7-8-15-9-11(12)16-13(14(17)18)10-5-3-2-4-6-10/h2-9H,1H3. The van der Waals surface area contributed by atoms with Crippen LogP contribution in [0.3, 0.4) is 0 Å². The van der Waals surface area contributed by atoms with Crippen LogP contribution in [0, 0.1) is 0 Å². The fourth-order valence-electron chi connectivity index (χ4n) is 1.97. The molecule has 0 spiro atoms. The molecule has 0 aliphatic carbocycles. The smallest absolute Gasteiger partial charge is 0.277 e. The molecule has 1 aromatic carbocycles. The van der Waals surface area contributed by atoms with Crippen LogP contribution in [0.4, 0.5) is 0 Å². The van der Waals surface area contributed by atoms with Crippen molar-refractivity contribution in [2.24, 2.45) is 7.05 Å². The molecule has 4 heteroatoms. The first-order chi connectivity index (χ1) is 8.77. The maximum absolute atomic E-state index is 12.3. The van der Waals surface area contributed by atoms with Crippen LogP contribution in [0.5, 0.6) is 0 Å². The molecule has 0 N–H and O–H groups in total. The third kappa shape index (κ3) is 1.59. The van der Waals surface area contributed by atoms with E-state index in [9.17, 15) is 4.79 Å². The van der Waals surface area contributed by atoms with E-state index in [1.807, 2.05) is 30.3 Å². The van der Waals surface area contributed by atoms with E-state index in [-0.39, 0.29) is 5.56 Å². The quantitative estimate of drug-likeness (QED) is 0.650. The summed E-state index contributed by atoms with van der Waals surface area (Å²) >= 11 is 0. The van der Waals surface area contributed by atoms with Gasteiger partial charge in [0.2, 0.25) is 0 Å². The predicted octanol–water partition coefficient (Wildman–Crippen LogP) is 2.00. The SMILES string of the molecule is Cn1c(=O)c(-c2ccccc2)nc2cnccc21. The number of aryl methyl sites for hydroxylation is 1. The second kappa shape index (κ2) is 4.07. The van der Waals surface area contributed by atoms with Gasteiger partial charge in [-0.3, -0.25) is 9.78 Å². The number of rotatable bonds is 1. The van der Waals surface area contributed by atoms with Crippen LogP contribution in [0.15, 0.2) is 53.6 Å². The third-order valence-electron chi connectivity index (χ3n) is 2.93. The molecule has 2 aromatic heterocycles. The molecular formula is C14H11N3O. The lowest BCUT2D eigenvalue weighted by atomic mass is 10.1. The Labute approximate surface area is 104 Å². The minimum atomic E-state index is -0.0973. The Morgan fingerprint density at radius 3 is 2.67 bits per heavy atom. The van der Waals surface area contributed by atoms with Gasteiger partial charge in [-0.15, -0.1) is 0 Å². The number of nitrogens with zero attached hydrogens (tertiary/aromatic N) is 3. The highest BCUT2D eigenvalue weighted by molar-refractivity contribution is 5.76. The lowest BCUT2D eigenvalue weighted by molar-refractivity contribution is 0.893. The highest BCUT2D eigenvalue weighted by atomic mass is 16.1. The predicted molar refractivity (Wildman–Crippen MR) is 70.2 cm³/mol. The Morgan fingerprint density at radius 1 is 1.11 bits per heavy atom. The summed E-state index contributed by atoms with van der Waals surface area (Å²) in [6, 6.07) is 11.3. The van der Waals surface area contributed by atoms with Gasteiger partial charge >= 0.3 is 0 Å². The zero-order valence-corrected chi connectivity index (χ0v) is 9.87. The number of hydrogen-bond acceptors (Lipinski definition) is 3. The lowest BCUT2D eigenvalue weighted by Crippen LogP contribution is -2.20. The Balaban J connectivity index is 2.38. The average molecular weight is 237 g/mol. The number of hydrogen-bond donors (Lipinski definition) is 0. The second-order valence-corrected chi connectivity index (χ2v) is 4.05. The third-order valence-corrected chi connectivity index (χ3v) is 2.93. The molecule has 88 valence electrons. The van der Waals surface area contributed by atoms with E-state index in [4.69, 9.17) is 0 Å². The minimum Gasteiger partial charge on any atom is -0.308 e. The molecule has 0 fully saturated rings. The highest BCUT2D eigenvalue weighted by Gasteiger charge is 2.09. The fraction of sp³-hybridized carbons (Fsp3) is 0.0714. The van der Waals surface area contributed by atoms with Gasteiger partial charge in [0, 0.05) is 18.8 Å². The summed E-state index contributed by atoms with van der Waals surface area (Å²) in [6.45, 7) is 0. The van der Waals surface area contributed by atoms with Gasteiger partial charge in [0.1, 0.15) is 11.2 Å². The van der Waals surface area contributed by atoms with Crippen LogP contribution in [0.25, 0.3) is 22.3 Å². The molecule has 0 aliphatic heterocycles. The van der Waals surface area contributed by atoms with Gasteiger partial charge in [-0.25, -0.2) is 4.98 Å². The zero-order chi connectivity index (χ0) is 12.5. The molecule has 0 saturated carbocycles. The molecule has 3 rings (SSSR count). The fourth-order valence-corrected chi connectivity index (χ4v) is 1.97. The number of fused-ring (bicyclic) bond motifs is 1. The van der Waals surface area contributed by atoms with E-state index in [1.54, 1.807) is 30.1 Å². The maximum Gasteiger partial charge on any atom is 0.277 e. The summed E-state index contributed by atoms with van der Waals surface area (Å²) in [7, 11) is 1.75. The van der Waals surface area contributed by atoms with Crippen molar-refractivity contribution in [3.63, 3.8) is 0 Å². The van der Waals surface area contributed by atoms with Crippen LogP contribution in [-0.4, -0.2) is 14.5 Å². The maximum atomic E-state index is 12.3. The van der Waals surface area contributed by atoms with Crippen molar-refractivity contribution in [1.82, 2.24) is 14.5 Å². The van der Waals surface area contributed by atoms with E-state index in [1.165, 1.54) is 0 Å². The first kappa shape index (κ1) is 10.7. The molecule has 0 bridgehead atoms. The van der Waals surface area contributed by atoms with E-state index >= 15 is 0 Å². The lowest BCUT2D eigenvalue weighted by Gasteiger charge is -2.07. The average Bonchev–Trinajstić information content (AvgIpc) is 2.44. The highest BCUT2D eigenvalue weighted by Crippen LogP contribution is 2.15. The van der Waals surface area contributed by atoms with Gasteiger partial charge < -0.3 is 4.57 Å². The Hall–Kier alpha value is -2.49. The summed E-state index contributed by atoms with van der Waals surface area (Å²) in [5.74, 6) is 0. The van der Waals surface area contributed by atoms with Crippen molar-refractivity contribution in [2.75, 3.05) is 0 Å². The van der Waals surface area contributed by atoms with Crippen molar-refractivity contribution >= 4 is 11.0 Å². The minimum absolute atomic E-state index is 0.0973. The molecule has 0 aliphatic rings. The largest absolute Gasteiger partial charge is 0.308 e. The van der Waals surface area contributed by atoms with E-state index in [0.717, 1.165) is 16.6 Å². The second-order valence-electron chi connectivity index (χ2n) is 4.05. The van der Waals surface area contributed by atoms with Gasteiger partial charge in [-0.2, -0.15) is 0 Å². The molecule has 0 radical (unpaired) electrons. The Kier molecular flexibility index (Phi) is 2.41. The summed E-state index contributed by atoms with van der Waals surface area (Å²) in [5.41, 5.74) is 2.69. The van der Waals surface area contributed by atoms with E-state index < -0.39 is 0 Å². The zero-order valence-electron chi connectivity index (χ0n) is 9.87. The number of benzene rings is 1. The van der Waals surface area contributed by atoms with Crippen molar-refractivity contribution in [3.8, 4) is 11.3 Å². The molecule has 4 nitrogen and oxygen atoms in total. The summed E-state index contributed by atoms with van der Waals surface area (Å²) in [6.07, 6.45) is 3.33. The Bertz CT molecular complexity index is 763. The van der Waals surface area contributed by atoms with Crippen LogP contribution in [0.1, 0.15) is 0 Å². The van der Waals surface area contributed by atoms with Gasteiger partial charge in [0.05, 0.1) is 11.7 Å². The summed E-state index contributed by atoms with van der Waals surface area (Å²) in [5, 5.41) is 0. The number of pyridine rings is 1. The van der Waals surface area contributed by atoms with Crippen LogP contribution >= 0.6 is 0 Å². The van der Waals surface area contributed by atoms with Crippen LogP contribution in [0.2, 0.25) is 0 Å². The monoisotopic (exact) mass is 237 g/mol. The molecule has 3 aromatic rings. The molecule has 2 heterocycles. The van der Waals surface area contributed by atoms with Crippen LogP contribution in [-0.2, 0) is 7.05 Å². The van der Waals surface area contributed by atoms with Crippen LogP contribution < -0.4 is 5.56 Å². The molecule has 18 heavy (non-hydrogen) atoms. The molecule has 0 atom stereocenters. The van der Waals surface area contributed by atoms with Gasteiger partial charge in [-0.1, -0.05) is 30.3 Å². The van der Waals surface area contributed by atoms with E-state index in [0.29, 0.717) is 5.69 Å². The first-order valence-corrected chi connectivity index (χ1v) is 5.63. The summed E-state index contributed by atoms with van der Waals surface area (Å²) < 4.78 is 1.60.